The Morgan fingerprint density at radius 3 is 2.80 bits per heavy atom. The Balaban J connectivity index is 2.70. The van der Waals surface area contributed by atoms with Gasteiger partial charge in [0.15, 0.2) is 5.78 Å². The SMILES string of the molecule is Cc1cc(Cl)c2c(c1C)C(=O)C(C)CO2. The lowest BCUT2D eigenvalue weighted by atomic mass is 9.91. The molecule has 1 aliphatic heterocycles. The molecule has 0 N–H and O–H groups in total. The number of hydrogen-bond donors (Lipinski definition) is 0. The van der Waals surface area contributed by atoms with Crippen LogP contribution in [0.2, 0.25) is 5.02 Å². The molecule has 0 bridgehead atoms. The molecule has 0 spiro atoms. The van der Waals surface area contributed by atoms with Crippen molar-refractivity contribution in [2.75, 3.05) is 6.61 Å². The van der Waals surface area contributed by atoms with Crippen LogP contribution in [0.25, 0.3) is 0 Å². The molecule has 0 aromatic heterocycles. The summed E-state index contributed by atoms with van der Waals surface area (Å²) < 4.78 is 5.52. The summed E-state index contributed by atoms with van der Waals surface area (Å²) in [5.41, 5.74) is 2.68. The van der Waals surface area contributed by atoms with E-state index in [2.05, 4.69) is 0 Å². The molecule has 0 saturated heterocycles. The summed E-state index contributed by atoms with van der Waals surface area (Å²) in [7, 11) is 0. The molecule has 2 rings (SSSR count). The Kier molecular flexibility index (Phi) is 2.47. The van der Waals surface area contributed by atoms with Gasteiger partial charge in [-0.15, -0.1) is 0 Å². The molecule has 80 valence electrons. The van der Waals surface area contributed by atoms with E-state index in [1.54, 1.807) is 0 Å². The maximum Gasteiger partial charge on any atom is 0.173 e. The van der Waals surface area contributed by atoms with Crippen LogP contribution in [0.3, 0.4) is 0 Å². The molecule has 1 atom stereocenters. The van der Waals surface area contributed by atoms with Crippen molar-refractivity contribution >= 4 is 17.4 Å². The van der Waals surface area contributed by atoms with Gasteiger partial charge in [0.1, 0.15) is 5.75 Å². The number of rotatable bonds is 0. The van der Waals surface area contributed by atoms with Crippen molar-refractivity contribution in [2.24, 2.45) is 5.92 Å². The van der Waals surface area contributed by atoms with Crippen LogP contribution in [0.5, 0.6) is 5.75 Å². The van der Waals surface area contributed by atoms with E-state index in [1.807, 2.05) is 26.8 Å². The van der Waals surface area contributed by atoms with E-state index in [4.69, 9.17) is 16.3 Å². The quantitative estimate of drug-likeness (QED) is 0.677. The zero-order valence-electron chi connectivity index (χ0n) is 9.06. The minimum Gasteiger partial charge on any atom is -0.490 e. The number of carbonyl (C=O) groups is 1. The third-order valence-corrected chi connectivity index (χ3v) is 3.21. The number of halogens is 1. The maximum atomic E-state index is 12.0. The molecule has 15 heavy (non-hydrogen) atoms. The van der Waals surface area contributed by atoms with Crippen molar-refractivity contribution in [1.82, 2.24) is 0 Å². The van der Waals surface area contributed by atoms with Crippen molar-refractivity contribution < 1.29 is 9.53 Å². The molecule has 1 aromatic rings. The maximum absolute atomic E-state index is 12.0. The summed E-state index contributed by atoms with van der Waals surface area (Å²) in [5.74, 6) is 0.622. The van der Waals surface area contributed by atoms with Crippen molar-refractivity contribution in [1.29, 1.82) is 0 Å². The smallest absolute Gasteiger partial charge is 0.173 e. The molecule has 0 fully saturated rings. The number of ketones is 1. The number of benzene rings is 1. The van der Waals surface area contributed by atoms with E-state index in [0.717, 1.165) is 11.1 Å². The summed E-state index contributed by atoms with van der Waals surface area (Å²) in [5, 5.41) is 0.536. The fourth-order valence-electron chi connectivity index (χ4n) is 1.82. The summed E-state index contributed by atoms with van der Waals surface area (Å²) in [6.45, 7) is 6.19. The summed E-state index contributed by atoms with van der Waals surface area (Å²) in [6.07, 6.45) is 0. The highest BCUT2D eigenvalue weighted by molar-refractivity contribution is 6.33. The van der Waals surface area contributed by atoms with E-state index in [9.17, 15) is 4.79 Å². The first-order valence-corrected chi connectivity index (χ1v) is 5.37. The van der Waals surface area contributed by atoms with E-state index >= 15 is 0 Å². The molecular weight excluding hydrogens is 212 g/mol. The van der Waals surface area contributed by atoms with Gasteiger partial charge in [0.25, 0.3) is 0 Å². The van der Waals surface area contributed by atoms with Crippen LogP contribution in [0.1, 0.15) is 28.4 Å². The first-order valence-electron chi connectivity index (χ1n) is 4.99. The second-order valence-corrected chi connectivity index (χ2v) is 4.49. The van der Waals surface area contributed by atoms with Crippen LogP contribution in [0.4, 0.5) is 0 Å². The van der Waals surface area contributed by atoms with Gasteiger partial charge in [0, 0.05) is 0 Å². The van der Waals surface area contributed by atoms with Crippen molar-refractivity contribution in [3.8, 4) is 5.75 Å². The number of carbonyl (C=O) groups excluding carboxylic acids is 1. The molecule has 0 radical (unpaired) electrons. The molecular formula is C12H13ClO2. The number of hydrogen-bond acceptors (Lipinski definition) is 2. The topological polar surface area (TPSA) is 26.3 Å². The van der Waals surface area contributed by atoms with Gasteiger partial charge >= 0.3 is 0 Å². The van der Waals surface area contributed by atoms with Crippen LogP contribution in [0.15, 0.2) is 6.07 Å². The molecule has 0 amide bonds. The Morgan fingerprint density at radius 2 is 2.13 bits per heavy atom. The van der Waals surface area contributed by atoms with Crippen molar-refractivity contribution in [3.05, 3.63) is 27.8 Å². The lowest BCUT2D eigenvalue weighted by Crippen LogP contribution is -2.26. The molecule has 1 heterocycles. The van der Waals surface area contributed by atoms with E-state index < -0.39 is 0 Å². The fourth-order valence-corrected chi connectivity index (χ4v) is 2.13. The number of fused-ring (bicyclic) bond motifs is 1. The van der Waals surface area contributed by atoms with Gasteiger partial charge in [-0.25, -0.2) is 0 Å². The van der Waals surface area contributed by atoms with E-state index in [0.29, 0.717) is 22.9 Å². The van der Waals surface area contributed by atoms with E-state index in [1.165, 1.54) is 0 Å². The van der Waals surface area contributed by atoms with Crippen LogP contribution in [0, 0.1) is 19.8 Å². The van der Waals surface area contributed by atoms with Gasteiger partial charge < -0.3 is 4.74 Å². The highest BCUT2D eigenvalue weighted by Crippen LogP contribution is 2.37. The molecule has 3 heteroatoms. The van der Waals surface area contributed by atoms with Crippen molar-refractivity contribution in [3.63, 3.8) is 0 Å². The van der Waals surface area contributed by atoms with Crippen LogP contribution in [-0.2, 0) is 0 Å². The Hall–Kier alpha value is -1.02. The van der Waals surface area contributed by atoms with Gasteiger partial charge in [0.2, 0.25) is 0 Å². The van der Waals surface area contributed by atoms with Crippen molar-refractivity contribution in [2.45, 2.75) is 20.8 Å². The summed E-state index contributed by atoms with van der Waals surface area (Å²) >= 11 is 6.06. The number of aryl methyl sites for hydroxylation is 1. The molecule has 1 aromatic carbocycles. The van der Waals surface area contributed by atoms with Gasteiger partial charge in [-0.05, 0) is 31.0 Å². The van der Waals surface area contributed by atoms with Crippen LogP contribution >= 0.6 is 11.6 Å². The third-order valence-electron chi connectivity index (χ3n) is 2.93. The highest BCUT2D eigenvalue weighted by atomic mass is 35.5. The second kappa shape index (κ2) is 3.53. The zero-order valence-corrected chi connectivity index (χ0v) is 9.81. The zero-order chi connectivity index (χ0) is 11.2. The average Bonchev–Trinajstić information content (AvgIpc) is 2.19. The standard InChI is InChI=1S/C12H13ClO2/c1-6-4-9(13)12-10(8(6)3)11(14)7(2)5-15-12/h4,7H,5H2,1-3H3. The molecule has 2 nitrogen and oxygen atoms in total. The Labute approximate surface area is 94.2 Å². The van der Waals surface area contributed by atoms with Crippen LogP contribution in [-0.4, -0.2) is 12.4 Å². The Morgan fingerprint density at radius 1 is 1.47 bits per heavy atom. The largest absolute Gasteiger partial charge is 0.490 e. The van der Waals surface area contributed by atoms with Gasteiger partial charge in [-0.2, -0.15) is 0 Å². The van der Waals surface area contributed by atoms with Gasteiger partial charge in [-0.1, -0.05) is 18.5 Å². The predicted octanol–water partition coefficient (Wildman–Crippen LogP) is 3.17. The first-order chi connectivity index (χ1) is 7.02. The lowest BCUT2D eigenvalue weighted by Gasteiger charge is -2.24. The van der Waals surface area contributed by atoms with E-state index in [-0.39, 0.29) is 11.7 Å². The number of Topliss-reactive ketones (excluding diaryl/α,β-unsaturated/α-hetero) is 1. The summed E-state index contributed by atoms with van der Waals surface area (Å²) in [6, 6.07) is 1.85. The molecule has 0 saturated carbocycles. The molecule has 1 unspecified atom stereocenters. The molecule has 1 aliphatic rings. The third kappa shape index (κ3) is 1.53. The fraction of sp³-hybridized carbons (Fsp3) is 0.417. The highest BCUT2D eigenvalue weighted by Gasteiger charge is 2.29. The minimum absolute atomic E-state index is 0.0749. The molecule has 0 aliphatic carbocycles. The first kappa shape index (κ1) is 10.5. The summed E-state index contributed by atoms with van der Waals surface area (Å²) in [4.78, 5) is 12.0. The monoisotopic (exact) mass is 224 g/mol. The number of ether oxygens (including phenoxy) is 1. The minimum atomic E-state index is -0.0749. The second-order valence-electron chi connectivity index (χ2n) is 4.08. The lowest BCUT2D eigenvalue weighted by molar-refractivity contribution is 0.0847. The predicted molar refractivity (Wildman–Crippen MR) is 59.9 cm³/mol. The Bertz CT molecular complexity index is 438. The normalized spacial score (nSPS) is 19.7. The average molecular weight is 225 g/mol. The van der Waals surface area contributed by atoms with Crippen LogP contribution < -0.4 is 4.74 Å². The van der Waals surface area contributed by atoms with Gasteiger partial charge in [-0.3, -0.25) is 4.79 Å². The van der Waals surface area contributed by atoms with Gasteiger partial charge in [0.05, 0.1) is 23.1 Å².